The molecule has 4 heteroatoms. The summed E-state index contributed by atoms with van der Waals surface area (Å²) in [5, 5.41) is 0. The second kappa shape index (κ2) is 5.15. The van der Waals surface area contributed by atoms with Crippen LogP contribution in [0.1, 0.15) is 31.9 Å². The molecule has 0 radical (unpaired) electrons. The third-order valence-electron chi connectivity index (χ3n) is 5.48. The fraction of sp³-hybridized carbons (Fsp3) is 0.368. The Balaban J connectivity index is 1.80. The van der Waals surface area contributed by atoms with Crippen LogP contribution in [-0.4, -0.2) is 15.8 Å². The Kier molecular flexibility index (Phi) is 3.22. The Morgan fingerprint density at radius 1 is 1.35 bits per heavy atom. The van der Waals surface area contributed by atoms with Gasteiger partial charge in [0.15, 0.2) is 0 Å². The van der Waals surface area contributed by atoms with Crippen molar-refractivity contribution in [1.29, 1.82) is 0 Å². The SMILES string of the molecule is C[C@@]12Cn3cnc(-c4ccc(F)cc4)c3C=C1CCC[C@H]2C=O. The highest BCUT2D eigenvalue weighted by molar-refractivity contribution is 5.73. The molecule has 0 spiro atoms. The van der Waals surface area contributed by atoms with Gasteiger partial charge in [-0.25, -0.2) is 9.37 Å². The number of halogens is 1. The van der Waals surface area contributed by atoms with E-state index in [1.165, 1.54) is 17.7 Å². The van der Waals surface area contributed by atoms with Crippen molar-refractivity contribution in [3.8, 4) is 11.3 Å². The summed E-state index contributed by atoms with van der Waals surface area (Å²) in [6.07, 6.45) is 8.22. The van der Waals surface area contributed by atoms with Crippen LogP contribution in [-0.2, 0) is 11.3 Å². The Labute approximate surface area is 134 Å². The molecule has 2 heterocycles. The molecule has 1 aliphatic carbocycles. The van der Waals surface area contributed by atoms with E-state index >= 15 is 0 Å². The summed E-state index contributed by atoms with van der Waals surface area (Å²) in [5.41, 5.74) is 4.11. The third kappa shape index (κ3) is 2.16. The first kappa shape index (κ1) is 14.4. The third-order valence-corrected chi connectivity index (χ3v) is 5.48. The van der Waals surface area contributed by atoms with Crippen molar-refractivity contribution >= 4 is 12.4 Å². The molecule has 2 aliphatic rings. The smallest absolute Gasteiger partial charge is 0.124 e. The van der Waals surface area contributed by atoms with E-state index in [-0.39, 0.29) is 17.2 Å². The van der Waals surface area contributed by atoms with Gasteiger partial charge in [0.25, 0.3) is 0 Å². The van der Waals surface area contributed by atoms with Crippen molar-refractivity contribution in [2.45, 2.75) is 32.7 Å². The summed E-state index contributed by atoms with van der Waals surface area (Å²) >= 11 is 0. The van der Waals surface area contributed by atoms with Crippen molar-refractivity contribution in [3.05, 3.63) is 47.7 Å². The molecule has 2 aromatic rings. The van der Waals surface area contributed by atoms with Gasteiger partial charge in [-0.05, 0) is 49.6 Å². The second-order valence-electron chi connectivity index (χ2n) is 6.84. The van der Waals surface area contributed by atoms with Crippen LogP contribution in [0.15, 0.2) is 36.2 Å². The van der Waals surface area contributed by atoms with Crippen molar-refractivity contribution in [1.82, 2.24) is 9.55 Å². The maximum absolute atomic E-state index is 13.2. The van der Waals surface area contributed by atoms with Crippen LogP contribution in [0.3, 0.4) is 0 Å². The molecule has 1 aromatic heterocycles. The first-order valence-electron chi connectivity index (χ1n) is 8.09. The normalized spacial score (nSPS) is 26.2. The van der Waals surface area contributed by atoms with E-state index in [0.29, 0.717) is 0 Å². The fourth-order valence-electron chi connectivity index (χ4n) is 4.05. The van der Waals surface area contributed by atoms with Gasteiger partial charge >= 0.3 is 0 Å². The zero-order chi connectivity index (χ0) is 16.0. The average molecular weight is 310 g/mol. The number of carbonyl (C=O) groups excluding carboxylic acids is 1. The van der Waals surface area contributed by atoms with Crippen LogP contribution >= 0.6 is 0 Å². The Hall–Kier alpha value is -2.23. The number of benzene rings is 1. The van der Waals surface area contributed by atoms with Crippen LogP contribution < -0.4 is 0 Å². The summed E-state index contributed by atoms with van der Waals surface area (Å²) in [6.45, 7) is 2.98. The average Bonchev–Trinajstić information content (AvgIpc) is 2.94. The molecule has 0 saturated heterocycles. The topological polar surface area (TPSA) is 34.9 Å². The summed E-state index contributed by atoms with van der Waals surface area (Å²) in [4.78, 5) is 16.0. The van der Waals surface area contributed by atoms with E-state index in [2.05, 4.69) is 22.6 Å². The number of fused-ring (bicyclic) bond motifs is 2. The molecule has 118 valence electrons. The van der Waals surface area contributed by atoms with Gasteiger partial charge in [0.1, 0.15) is 12.1 Å². The number of aldehydes is 1. The van der Waals surface area contributed by atoms with Crippen LogP contribution in [0, 0.1) is 17.2 Å². The minimum Gasteiger partial charge on any atom is -0.330 e. The van der Waals surface area contributed by atoms with Gasteiger partial charge in [-0.2, -0.15) is 0 Å². The molecular formula is C19H19FN2O. The van der Waals surface area contributed by atoms with Crippen molar-refractivity contribution in [2.75, 3.05) is 0 Å². The highest BCUT2D eigenvalue weighted by Gasteiger charge is 2.43. The van der Waals surface area contributed by atoms with Gasteiger partial charge in [-0.3, -0.25) is 0 Å². The van der Waals surface area contributed by atoms with Gasteiger partial charge in [-0.1, -0.05) is 12.5 Å². The number of hydrogen-bond acceptors (Lipinski definition) is 2. The molecule has 3 nitrogen and oxygen atoms in total. The molecule has 1 aromatic carbocycles. The molecule has 1 fully saturated rings. The van der Waals surface area contributed by atoms with Gasteiger partial charge in [0.05, 0.1) is 17.7 Å². The van der Waals surface area contributed by atoms with Crippen LogP contribution in [0.5, 0.6) is 0 Å². The lowest BCUT2D eigenvalue weighted by atomic mass is 9.63. The predicted molar refractivity (Wildman–Crippen MR) is 87.1 cm³/mol. The lowest BCUT2D eigenvalue weighted by molar-refractivity contribution is -0.115. The van der Waals surface area contributed by atoms with Gasteiger partial charge < -0.3 is 9.36 Å². The molecule has 0 bridgehead atoms. The summed E-state index contributed by atoms with van der Waals surface area (Å²) < 4.78 is 15.3. The zero-order valence-electron chi connectivity index (χ0n) is 13.1. The molecule has 0 N–H and O–H groups in total. The molecule has 0 unspecified atom stereocenters. The number of hydrogen-bond donors (Lipinski definition) is 0. The highest BCUT2D eigenvalue weighted by atomic mass is 19.1. The summed E-state index contributed by atoms with van der Waals surface area (Å²) in [5.74, 6) is -0.166. The zero-order valence-corrected chi connectivity index (χ0v) is 13.1. The maximum Gasteiger partial charge on any atom is 0.124 e. The van der Waals surface area contributed by atoms with E-state index < -0.39 is 0 Å². The monoisotopic (exact) mass is 310 g/mol. The highest BCUT2D eigenvalue weighted by Crippen LogP contribution is 2.49. The Morgan fingerprint density at radius 3 is 2.87 bits per heavy atom. The van der Waals surface area contributed by atoms with E-state index in [9.17, 15) is 9.18 Å². The second-order valence-corrected chi connectivity index (χ2v) is 6.84. The van der Waals surface area contributed by atoms with Crippen molar-refractivity contribution in [2.24, 2.45) is 11.3 Å². The van der Waals surface area contributed by atoms with Crippen molar-refractivity contribution in [3.63, 3.8) is 0 Å². The number of carbonyl (C=O) groups is 1. The van der Waals surface area contributed by atoms with Gasteiger partial charge in [-0.15, -0.1) is 0 Å². The van der Waals surface area contributed by atoms with Crippen LogP contribution in [0.25, 0.3) is 17.3 Å². The number of imidazole rings is 1. The Bertz CT molecular complexity index is 790. The minimum atomic E-state index is -0.242. The maximum atomic E-state index is 13.2. The molecule has 1 saturated carbocycles. The van der Waals surface area contributed by atoms with Gasteiger partial charge in [0.2, 0.25) is 0 Å². The van der Waals surface area contributed by atoms with Crippen molar-refractivity contribution < 1.29 is 9.18 Å². The number of nitrogens with zero attached hydrogens (tertiary/aromatic N) is 2. The van der Waals surface area contributed by atoms with Crippen LogP contribution in [0.4, 0.5) is 4.39 Å². The molecule has 1 aliphatic heterocycles. The molecule has 23 heavy (non-hydrogen) atoms. The lowest BCUT2D eigenvalue weighted by Crippen LogP contribution is -2.40. The number of rotatable bonds is 2. The summed E-state index contributed by atoms with van der Waals surface area (Å²) in [7, 11) is 0. The van der Waals surface area contributed by atoms with E-state index in [1.807, 2.05) is 6.33 Å². The largest absolute Gasteiger partial charge is 0.330 e. The first-order valence-corrected chi connectivity index (χ1v) is 8.09. The molecular weight excluding hydrogens is 291 g/mol. The standard InChI is InChI=1S/C19H19FN2O/c1-19-11-22-12-21-18(13-5-7-16(20)8-6-13)17(22)9-14(19)3-2-4-15(19)10-23/h5-10,12,15H,2-4,11H2,1H3/t15-,19+/m0/s1. The fourth-order valence-corrected chi connectivity index (χ4v) is 4.05. The predicted octanol–water partition coefficient (Wildman–Crippen LogP) is 4.09. The van der Waals surface area contributed by atoms with E-state index in [4.69, 9.17) is 0 Å². The molecule has 4 rings (SSSR count). The first-order chi connectivity index (χ1) is 11.1. The van der Waals surface area contributed by atoms with Crippen LogP contribution in [0.2, 0.25) is 0 Å². The minimum absolute atomic E-state index is 0.0762. The quantitative estimate of drug-likeness (QED) is 0.783. The van der Waals surface area contributed by atoms with Gasteiger partial charge in [0, 0.05) is 23.4 Å². The molecule has 2 atom stereocenters. The number of allylic oxidation sites excluding steroid dienone is 1. The van der Waals surface area contributed by atoms with E-state index in [0.717, 1.165) is 49.0 Å². The van der Waals surface area contributed by atoms with E-state index in [1.54, 1.807) is 12.1 Å². The Morgan fingerprint density at radius 2 is 2.13 bits per heavy atom. The lowest BCUT2D eigenvalue weighted by Gasteiger charge is -2.44. The number of aromatic nitrogens is 2. The summed E-state index contributed by atoms with van der Waals surface area (Å²) in [6, 6.07) is 6.45. The molecule has 0 amide bonds.